The topological polar surface area (TPSA) is 66.8 Å². The predicted molar refractivity (Wildman–Crippen MR) is 6.96 cm³/mol. The second-order valence-electron chi connectivity index (χ2n) is 0.200. The zero-order valence-corrected chi connectivity index (χ0v) is 1.84. The van der Waals surface area contributed by atoms with Gasteiger partial charge in [0.2, 0.25) is 5.28 Å². The summed E-state index contributed by atoms with van der Waals surface area (Å²) in [6, 6.07) is 0. The van der Waals surface area contributed by atoms with E-state index < -0.39 is 0 Å². The van der Waals surface area contributed by atoms with Crippen LogP contribution in [-0.4, -0.2) is 10.4 Å². The molecule has 0 atom stereocenters. The van der Waals surface area contributed by atoms with Crippen molar-refractivity contribution in [1.82, 2.24) is 0 Å². The zero-order chi connectivity index (χ0) is 3.41. The van der Waals surface area contributed by atoms with Crippen molar-refractivity contribution in [3.05, 3.63) is 0 Å². The lowest BCUT2D eigenvalue weighted by Crippen LogP contribution is -2.60. The van der Waals surface area contributed by atoms with Crippen LogP contribution in [0.2, 0.25) is 0 Å². The Morgan fingerprint density at radius 3 is 2.00 bits per heavy atom. The highest BCUT2D eigenvalue weighted by Gasteiger charge is 1.45. The fourth-order valence-corrected chi connectivity index (χ4v) is 0. The number of rotatable bonds is 0. The van der Waals surface area contributed by atoms with Gasteiger partial charge in [-0.2, -0.15) is 0 Å². The van der Waals surface area contributed by atoms with E-state index in [2.05, 4.69) is 0 Å². The quantitative estimate of drug-likeness (QED) is 0.231. The average Bonchev–Trinajstić information content (AvgIpc) is 1.37. The van der Waals surface area contributed by atoms with Crippen LogP contribution < -0.4 is 5.28 Å². The van der Waals surface area contributed by atoms with E-state index in [1.807, 2.05) is 5.28 Å². The summed E-state index contributed by atoms with van der Waals surface area (Å²) in [5.41, 5.74) is 0. The van der Waals surface area contributed by atoms with Crippen LogP contribution in [0.15, 0.2) is 5.28 Å². The van der Waals surface area contributed by atoms with Gasteiger partial charge in [0.1, 0.15) is 5.28 Å². The molecule has 0 aromatic carbocycles. The summed E-state index contributed by atoms with van der Waals surface area (Å²) in [5.74, 6) is 0. The predicted octanol–water partition coefficient (Wildman–Crippen LogP) is -1.70. The van der Waals surface area contributed by atoms with Crippen molar-refractivity contribution in [2.24, 2.45) is 5.28 Å². The molecular formula is H3N2O2+. The van der Waals surface area contributed by atoms with Crippen molar-refractivity contribution >= 4 is 0 Å². The molecule has 0 unspecified atom stereocenters. The molecule has 24 valence electrons. The van der Waals surface area contributed by atoms with Gasteiger partial charge in [0.25, 0.3) is 0 Å². The molecule has 0 rings (SSSR count). The summed E-state index contributed by atoms with van der Waals surface area (Å²) >= 11 is 0. The molecule has 0 amide bonds. The third-order valence-corrected chi connectivity index (χ3v) is 0.0447. The smallest absolute Gasteiger partial charge is 0.234 e. The van der Waals surface area contributed by atoms with Crippen molar-refractivity contribution < 1.29 is 15.7 Å². The van der Waals surface area contributed by atoms with Gasteiger partial charge in [-0.3, -0.25) is 5.21 Å². The van der Waals surface area contributed by atoms with Gasteiger partial charge in [0.15, 0.2) is 0 Å². The van der Waals surface area contributed by atoms with Crippen molar-refractivity contribution in [3.63, 3.8) is 0 Å². The monoisotopic (exact) mass is 63.0 g/mol. The SMILES string of the molecule is ON=[NH+]O. The normalized spacial score (nSPS) is 9.00. The van der Waals surface area contributed by atoms with E-state index in [0.29, 0.717) is 0 Å². The number of hydrogen-bond acceptors (Lipinski definition) is 1. The summed E-state index contributed by atoms with van der Waals surface area (Å²) in [6.07, 6.45) is 0. The Balaban J connectivity index is 2.55. The van der Waals surface area contributed by atoms with Gasteiger partial charge >= 0.3 is 0 Å². The van der Waals surface area contributed by atoms with Crippen LogP contribution in [0.3, 0.4) is 0 Å². The minimum absolute atomic E-state index is 1.11. The summed E-state index contributed by atoms with van der Waals surface area (Å²) in [7, 11) is 0. The molecule has 0 bridgehead atoms. The van der Waals surface area contributed by atoms with E-state index in [1.54, 1.807) is 0 Å². The van der Waals surface area contributed by atoms with Crippen LogP contribution in [0.4, 0.5) is 0 Å². The number of nitrogens with zero attached hydrogens (tertiary/aromatic N) is 1. The van der Waals surface area contributed by atoms with Crippen LogP contribution >= 0.6 is 0 Å². The summed E-state index contributed by atoms with van der Waals surface area (Å²) in [5, 5.41) is 17.5. The minimum Gasteiger partial charge on any atom is -0.359 e. The molecule has 0 spiro atoms. The highest BCUT2D eigenvalue weighted by atomic mass is 16.5. The fraction of sp³-hybridized carbons (Fsp3) is 0. The first-order chi connectivity index (χ1) is 1.91. The van der Waals surface area contributed by atoms with Gasteiger partial charge in [-0.05, 0) is 0 Å². The van der Waals surface area contributed by atoms with Gasteiger partial charge in [-0.1, -0.05) is 0 Å². The highest BCUT2D eigenvalue weighted by molar-refractivity contribution is 3.07. The van der Waals surface area contributed by atoms with E-state index in [9.17, 15) is 0 Å². The molecule has 0 aliphatic heterocycles. The lowest BCUT2D eigenvalue weighted by atomic mass is 13.0. The van der Waals surface area contributed by atoms with Gasteiger partial charge < -0.3 is 5.21 Å². The summed E-state index contributed by atoms with van der Waals surface area (Å²) < 4.78 is 0. The first-order valence-electron chi connectivity index (χ1n) is 0.647. The number of hydrogen-bond donors (Lipinski definition) is 3. The molecule has 0 radical (unpaired) electrons. The molecule has 0 fully saturated rings. The van der Waals surface area contributed by atoms with Crippen molar-refractivity contribution in [2.45, 2.75) is 0 Å². The first kappa shape index (κ1) is 3.20. The van der Waals surface area contributed by atoms with Crippen molar-refractivity contribution in [1.29, 1.82) is 0 Å². The van der Waals surface area contributed by atoms with Gasteiger partial charge in [0, 0.05) is 0 Å². The standard InChI is InChI=1S/H2N2O2/c3-1-2-4/h(H,1,4)(H,2,3)/p+1. The third kappa shape index (κ3) is 1.20. The van der Waals surface area contributed by atoms with Gasteiger partial charge in [-0.25, -0.2) is 0 Å². The lowest BCUT2D eigenvalue weighted by molar-refractivity contribution is -0.805. The Hall–Kier alpha value is -0.800. The molecule has 0 saturated heterocycles. The molecule has 4 nitrogen and oxygen atoms in total. The Morgan fingerprint density at radius 2 is 2.00 bits per heavy atom. The van der Waals surface area contributed by atoms with E-state index in [0.717, 1.165) is 5.28 Å². The Labute approximate surface area is 22.3 Å². The lowest BCUT2D eigenvalue weighted by Gasteiger charge is -1.43. The number of nitrogens with one attached hydrogen (secondary N) is 1. The fourth-order valence-electron chi connectivity index (χ4n) is 0. The van der Waals surface area contributed by atoms with Crippen LogP contribution in [0.25, 0.3) is 0 Å². The molecule has 0 aliphatic rings. The van der Waals surface area contributed by atoms with E-state index in [-0.39, 0.29) is 0 Å². The first-order valence-corrected chi connectivity index (χ1v) is 0.647. The van der Waals surface area contributed by atoms with Gasteiger partial charge in [0.05, 0.1) is 0 Å². The van der Waals surface area contributed by atoms with Crippen LogP contribution in [0.5, 0.6) is 0 Å². The Morgan fingerprint density at radius 1 is 1.75 bits per heavy atom. The molecule has 4 heavy (non-hydrogen) atoms. The third-order valence-electron chi connectivity index (χ3n) is 0.0447. The van der Waals surface area contributed by atoms with E-state index in [1.165, 1.54) is 0 Å². The maximum atomic E-state index is 7.21. The Bertz CT molecular complexity index is 19.2. The molecule has 0 saturated carbocycles. The van der Waals surface area contributed by atoms with Crippen molar-refractivity contribution in [3.8, 4) is 0 Å². The molecule has 3 N–H and O–H groups in total. The molecule has 0 heterocycles. The van der Waals surface area contributed by atoms with Gasteiger partial charge in [-0.15, -0.1) is 0 Å². The maximum Gasteiger partial charge on any atom is 0.234 e. The average molecular weight is 63.0 g/mol. The maximum absolute atomic E-state index is 7.21. The molecule has 0 aromatic rings. The zero-order valence-electron chi connectivity index (χ0n) is 1.84. The second-order valence-corrected chi connectivity index (χ2v) is 0.200. The van der Waals surface area contributed by atoms with Crippen LogP contribution in [0.1, 0.15) is 0 Å². The minimum atomic E-state index is 1.11. The molecular weight excluding hydrogens is 60.0 g/mol. The highest BCUT2D eigenvalue weighted by Crippen LogP contribution is 1.11. The van der Waals surface area contributed by atoms with Crippen LogP contribution in [-0.2, 0) is 0 Å². The van der Waals surface area contributed by atoms with E-state index in [4.69, 9.17) is 10.4 Å². The summed E-state index contributed by atoms with van der Waals surface area (Å²) in [6.45, 7) is 0. The molecule has 0 aliphatic carbocycles. The summed E-state index contributed by atoms with van der Waals surface area (Å²) in [4.78, 5) is 0. The molecule has 0 aromatic heterocycles. The Kier molecular flexibility index (Phi) is 1.76. The molecule has 4 heteroatoms. The largest absolute Gasteiger partial charge is 0.359 e. The second kappa shape index (κ2) is 2.20. The van der Waals surface area contributed by atoms with Crippen molar-refractivity contribution in [2.75, 3.05) is 0 Å². The van der Waals surface area contributed by atoms with E-state index >= 15 is 0 Å². The van der Waals surface area contributed by atoms with Crippen LogP contribution in [0, 0.1) is 0 Å².